The van der Waals surface area contributed by atoms with Crippen LogP contribution in [0.3, 0.4) is 0 Å². The minimum Gasteiger partial charge on any atom is -0.326 e. The molecule has 1 amide bonds. The van der Waals surface area contributed by atoms with Gasteiger partial charge in [-0.2, -0.15) is 0 Å². The maximum atomic E-state index is 12.0. The van der Waals surface area contributed by atoms with Crippen molar-refractivity contribution in [1.82, 2.24) is 0 Å². The Bertz CT molecular complexity index is 552. The standard InChI is InChI=1S/C14H13BrN2O/c15-12-7-5-10(6-8-12)14(18)17-13-4-2-1-3-11(13)9-16/h1-8H,9,16H2,(H,17,18). The van der Waals surface area contributed by atoms with Gasteiger partial charge < -0.3 is 11.1 Å². The molecule has 0 saturated carbocycles. The van der Waals surface area contributed by atoms with E-state index in [-0.39, 0.29) is 5.91 Å². The van der Waals surface area contributed by atoms with Crippen LogP contribution in [0.25, 0.3) is 0 Å². The lowest BCUT2D eigenvalue weighted by Crippen LogP contribution is -2.14. The molecule has 0 aliphatic carbocycles. The highest BCUT2D eigenvalue weighted by Crippen LogP contribution is 2.16. The maximum Gasteiger partial charge on any atom is 0.255 e. The minimum absolute atomic E-state index is 0.136. The van der Waals surface area contributed by atoms with Crippen LogP contribution >= 0.6 is 15.9 Å². The summed E-state index contributed by atoms with van der Waals surface area (Å²) < 4.78 is 0.946. The summed E-state index contributed by atoms with van der Waals surface area (Å²) in [5.74, 6) is -0.136. The molecule has 92 valence electrons. The molecule has 0 radical (unpaired) electrons. The van der Waals surface area contributed by atoms with Gasteiger partial charge in [0.2, 0.25) is 0 Å². The molecule has 18 heavy (non-hydrogen) atoms. The fourth-order valence-corrected chi connectivity index (χ4v) is 1.88. The molecule has 0 aliphatic rings. The second-order valence-electron chi connectivity index (χ2n) is 3.82. The number of hydrogen-bond acceptors (Lipinski definition) is 2. The molecular formula is C14H13BrN2O. The molecule has 0 atom stereocenters. The van der Waals surface area contributed by atoms with Crippen LogP contribution in [0.2, 0.25) is 0 Å². The summed E-state index contributed by atoms with van der Waals surface area (Å²) >= 11 is 3.34. The smallest absolute Gasteiger partial charge is 0.255 e. The van der Waals surface area contributed by atoms with Crippen molar-refractivity contribution in [2.45, 2.75) is 6.54 Å². The number of para-hydroxylation sites is 1. The van der Waals surface area contributed by atoms with Crippen molar-refractivity contribution in [3.8, 4) is 0 Å². The third kappa shape index (κ3) is 2.97. The van der Waals surface area contributed by atoms with Crippen LogP contribution in [0.5, 0.6) is 0 Å². The zero-order valence-electron chi connectivity index (χ0n) is 9.69. The number of benzene rings is 2. The first-order chi connectivity index (χ1) is 8.70. The van der Waals surface area contributed by atoms with Crippen molar-refractivity contribution in [2.75, 3.05) is 5.32 Å². The molecule has 0 unspecified atom stereocenters. The Labute approximate surface area is 114 Å². The molecule has 3 N–H and O–H groups in total. The molecule has 0 fully saturated rings. The number of carbonyl (C=O) groups excluding carboxylic acids is 1. The van der Waals surface area contributed by atoms with E-state index in [2.05, 4.69) is 21.2 Å². The molecule has 0 aliphatic heterocycles. The fraction of sp³-hybridized carbons (Fsp3) is 0.0714. The zero-order valence-corrected chi connectivity index (χ0v) is 11.3. The molecule has 0 spiro atoms. The molecule has 4 heteroatoms. The van der Waals surface area contributed by atoms with E-state index in [0.29, 0.717) is 12.1 Å². The molecule has 0 aromatic heterocycles. The highest BCUT2D eigenvalue weighted by atomic mass is 79.9. The summed E-state index contributed by atoms with van der Waals surface area (Å²) in [5.41, 5.74) is 7.92. The Balaban J connectivity index is 2.18. The Kier molecular flexibility index (Phi) is 4.12. The largest absolute Gasteiger partial charge is 0.326 e. The summed E-state index contributed by atoms with van der Waals surface area (Å²) in [5, 5.41) is 2.86. The Hall–Kier alpha value is -1.65. The van der Waals surface area contributed by atoms with Gasteiger partial charge in [-0.25, -0.2) is 0 Å². The van der Waals surface area contributed by atoms with Gasteiger partial charge in [0.1, 0.15) is 0 Å². The molecular weight excluding hydrogens is 292 g/mol. The van der Waals surface area contributed by atoms with Gasteiger partial charge in [0.05, 0.1) is 0 Å². The predicted octanol–water partition coefficient (Wildman–Crippen LogP) is 3.16. The first-order valence-electron chi connectivity index (χ1n) is 5.55. The van der Waals surface area contributed by atoms with Gasteiger partial charge >= 0.3 is 0 Å². The van der Waals surface area contributed by atoms with Gasteiger partial charge in [0.15, 0.2) is 0 Å². The maximum absolute atomic E-state index is 12.0. The van der Waals surface area contributed by atoms with E-state index in [0.717, 1.165) is 15.7 Å². The molecule has 2 aromatic carbocycles. The summed E-state index contributed by atoms with van der Waals surface area (Å²) in [6.07, 6.45) is 0. The van der Waals surface area contributed by atoms with E-state index in [9.17, 15) is 4.79 Å². The van der Waals surface area contributed by atoms with Crippen molar-refractivity contribution in [1.29, 1.82) is 0 Å². The lowest BCUT2D eigenvalue weighted by atomic mass is 10.1. The topological polar surface area (TPSA) is 55.1 Å². The van der Waals surface area contributed by atoms with Crippen molar-refractivity contribution >= 4 is 27.5 Å². The van der Waals surface area contributed by atoms with Crippen LogP contribution in [-0.2, 0) is 6.54 Å². The number of nitrogens with two attached hydrogens (primary N) is 1. The third-order valence-corrected chi connectivity index (χ3v) is 3.12. The molecule has 3 nitrogen and oxygen atoms in total. The Morgan fingerprint density at radius 2 is 1.78 bits per heavy atom. The Morgan fingerprint density at radius 3 is 2.44 bits per heavy atom. The third-order valence-electron chi connectivity index (χ3n) is 2.59. The number of rotatable bonds is 3. The number of hydrogen-bond donors (Lipinski definition) is 2. The van der Waals surface area contributed by atoms with Gasteiger partial charge in [-0.05, 0) is 35.9 Å². The van der Waals surface area contributed by atoms with Crippen molar-refractivity contribution < 1.29 is 4.79 Å². The Morgan fingerprint density at radius 1 is 1.11 bits per heavy atom. The van der Waals surface area contributed by atoms with Gasteiger partial charge in [-0.3, -0.25) is 4.79 Å². The fourth-order valence-electron chi connectivity index (χ4n) is 1.62. The van der Waals surface area contributed by atoms with E-state index < -0.39 is 0 Å². The summed E-state index contributed by atoms with van der Waals surface area (Å²) in [4.78, 5) is 12.0. The van der Waals surface area contributed by atoms with Crippen LogP contribution in [-0.4, -0.2) is 5.91 Å². The highest BCUT2D eigenvalue weighted by Gasteiger charge is 2.07. The second-order valence-corrected chi connectivity index (χ2v) is 4.74. The van der Waals surface area contributed by atoms with Crippen LogP contribution in [0.4, 0.5) is 5.69 Å². The summed E-state index contributed by atoms with van der Waals surface area (Å²) in [7, 11) is 0. The quantitative estimate of drug-likeness (QED) is 0.915. The van der Waals surface area contributed by atoms with Gasteiger partial charge in [-0.1, -0.05) is 34.1 Å². The first kappa shape index (κ1) is 12.8. The summed E-state index contributed by atoms with van der Waals surface area (Å²) in [6, 6.07) is 14.7. The highest BCUT2D eigenvalue weighted by molar-refractivity contribution is 9.10. The van der Waals surface area contributed by atoms with E-state index in [1.807, 2.05) is 36.4 Å². The average Bonchev–Trinajstić information content (AvgIpc) is 2.40. The van der Waals surface area contributed by atoms with E-state index >= 15 is 0 Å². The first-order valence-corrected chi connectivity index (χ1v) is 6.35. The van der Waals surface area contributed by atoms with Crippen molar-refractivity contribution in [3.63, 3.8) is 0 Å². The normalized spacial score (nSPS) is 10.1. The van der Waals surface area contributed by atoms with Crippen molar-refractivity contribution in [2.24, 2.45) is 5.73 Å². The monoisotopic (exact) mass is 304 g/mol. The molecule has 2 rings (SSSR count). The van der Waals surface area contributed by atoms with Crippen LogP contribution in [0.15, 0.2) is 53.0 Å². The molecule has 0 heterocycles. The number of anilines is 1. The van der Waals surface area contributed by atoms with Gasteiger partial charge in [0.25, 0.3) is 5.91 Å². The van der Waals surface area contributed by atoms with E-state index in [4.69, 9.17) is 5.73 Å². The zero-order chi connectivity index (χ0) is 13.0. The van der Waals surface area contributed by atoms with Crippen LogP contribution < -0.4 is 11.1 Å². The molecule has 0 bridgehead atoms. The number of carbonyl (C=O) groups is 1. The SMILES string of the molecule is NCc1ccccc1NC(=O)c1ccc(Br)cc1. The van der Waals surface area contributed by atoms with Crippen LogP contribution in [0.1, 0.15) is 15.9 Å². The summed E-state index contributed by atoms with van der Waals surface area (Å²) in [6.45, 7) is 0.400. The number of nitrogens with one attached hydrogen (secondary N) is 1. The van der Waals surface area contributed by atoms with Gasteiger partial charge in [0, 0.05) is 22.3 Å². The number of halogens is 1. The molecule has 0 saturated heterocycles. The minimum atomic E-state index is -0.136. The average molecular weight is 305 g/mol. The molecule has 2 aromatic rings. The lowest BCUT2D eigenvalue weighted by molar-refractivity contribution is 0.102. The predicted molar refractivity (Wildman–Crippen MR) is 76.4 cm³/mol. The lowest BCUT2D eigenvalue weighted by Gasteiger charge is -2.09. The van der Waals surface area contributed by atoms with Crippen LogP contribution in [0, 0.1) is 0 Å². The van der Waals surface area contributed by atoms with E-state index in [1.165, 1.54) is 0 Å². The van der Waals surface area contributed by atoms with Crippen molar-refractivity contribution in [3.05, 3.63) is 64.1 Å². The van der Waals surface area contributed by atoms with Gasteiger partial charge in [-0.15, -0.1) is 0 Å². The number of amides is 1. The van der Waals surface area contributed by atoms with E-state index in [1.54, 1.807) is 12.1 Å². The second kappa shape index (κ2) is 5.80.